The van der Waals surface area contributed by atoms with Crippen molar-refractivity contribution in [3.8, 4) is 11.4 Å². The van der Waals surface area contributed by atoms with Crippen LogP contribution in [-0.4, -0.2) is 20.7 Å². The van der Waals surface area contributed by atoms with E-state index in [1.807, 2.05) is 67.6 Å². The summed E-state index contributed by atoms with van der Waals surface area (Å²) in [6.07, 6.45) is 3.51. The van der Waals surface area contributed by atoms with E-state index < -0.39 is 0 Å². The number of hydrazone groups is 1. The van der Waals surface area contributed by atoms with Crippen LogP contribution in [0.2, 0.25) is 5.02 Å². The summed E-state index contributed by atoms with van der Waals surface area (Å²) in [5.74, 6) is 1.18. The maximum absolute atomic E-state index is 6.33. The second-order valence-corrected chi connectivity index (χ2v) is 6.35. The van der Waals surface area contributed by atoms with Gasteiger partial charge < -0.3 is 0 Å². The predicted molar refractivity (Wildman–Crippen MR) is 110 cm³/mol. The molecular formula is C21H16ClN5. The van der Waals surface area contributed by atoms with Crippen molar-refractivity contribution in [1.82, 2.24) is 15.0 Å². The minimum absolute atomic E-state index is 0.552. The molecule has 0 unspecified atom stereocenters. The molecule has 6 heteroatoms. The lowest BCUT2D eigenvalue weighted by Crippen LogP contribution is -2.03. The molecule has 4 aromatic rings. The van der Waals surface area contributed by atoms with Gasteiger partial charge in [-0.1, -0.05) is 41.9 Å². The van der Waals surface area contributed by atoms with Gasteiger partial charge in [0.25, 0.3) is 0 Å². The van der Waals surface area contributed by atoms with Crippen LogP contribution in [0.5, 0.6) is 0 Å². The zero-order valence-corrected chi connectivity index (χ0v) is 15.4. The van der Waals surface area contributed by atoms with Crippen molar-refractivity contribution in [2.75, 3.05) is 5.43 Å². The molecule has 2 aromatic carbocycles. The molecule has 0 spiro atoms. The summed E-state index contributed by atoms with van der Waals surface area (Å²) in [6, 6.07) is 19.2. The van der Waals surface area contributed by atoms with Crippen molar-refractivity contribution in [2.45, 2.75) is 6.92 Å². The van der Waals surface area contributed by atoms with Crippen LogP contribution in [-0.2, 0) is 0 Å². The molecule has 0 aliphatic heterocycles. The van der Waals surface area contributed by atoms with Crippen LogP contribution in [0.4, 0.5) is 5.82 Å². The van der Waals surface area contributed by atoms with Crippen LogP contribution in [0, 0.1) is 0 Å². The van der Waals surface area contributed by atoms with E-state index in [1.165, 1.54) is 0 Å². The van der Waals surface area contributed by atoms with Gasteiger partial charge >= 0.3 is 0 Å². The summed E-state index contributed by atoms with van der Waals surface area (Å²) in [6.45, 7) is 1.92. The van der Waals surface area contributed by atoms with Crippen LogP contribution in [0.15, 0.2) is 78.2 Å². The van der Waals surface area contributed by atoms with Crippen LogP contribution in [0.3, 0.4) is 0 Å². The average molecular weight is 374 g/mol. The second-order valence-electron chi connectivity index (χ2n) is 5.94. The first-order valence-electron chi connectivity index (χ1n) is 8.45. The van der Waals surface area contributed by atoms with E-state index in [4.69, 9.17) is 11.6 Å². The Morgan fingerprint density at radius 3 is 2.59 bits per heavy atom. The fourth-order valence-corrected chi connectivity index (χ4v) is 2.92. The minimum Gasteiger partial charge on any atom is -0.264 e. The van der Waals surface area contributed by atoms with Gasteiger partial charge in [0.1, 0.15) is 0 Å². The number of aromatic nitrogens is 3. The molecule has 0 bridgehead atoms. The predicted octanol–water partition coefficient (Wildman–Crippen LogP) is 5.18. The lowest BCUT2D eigenvalue weighted by Gasteiger charge is -2.10. The Balaban J connectivity index is 1.79. The van der Waals surface area contributed by atoms with Gasteiger partial charge in [-0.3, -0.25) is 10.4 Å². The number of fused-ring (bicyclic) bond motifs is 1. The third-order valence-corrected chi connectivity index (χ3v) is 4.46. The van der Waals surface area contributed by atoms with Gasteiger partial charge in [0.2, 0.25) is 0 Å². The van der Waals surface area contributed by atoms with Gasteiger partial charge in [-0.05, 0) is 37.3 Å². The van der Waals surface area contributed by atoms with Crippen molar-refractivity contribution in [3.63, 3.8) is 0 Å². The van der Waals surface area contributed by atoms with Crippen LogP contribution < -0.4 is 5.43 Å². The number of anilines is 1. The molecule has 0 amide bonds. The fraction of sp³-hybridized carbons (Fsp3) is 0.0476. The van der Waals surface area contributed by atoms with E-state index in [-0.39, 0.29) is 0 Å². The summed E-state index contributed by atoms with van der Waals surface area (Å²) in [5.41, 5.74) is 6.43. The molecule has 0 fully saturated rings. The first-order valence-corrected chi connectivity index (χ1v) is 8.82. The Kier molecular flexibility index (Phi) is 4.77. The van der Waals surface area contributed by atoms with Crippen molar-refractivity contribution < 1.29 is 0 Å². The van der Waals surface area contributed by atoms with E-state index in [9.17, 15) is 0 Å². The number of benzene rings is 2. The molecule has 5 nitrogen and oxygen atoms in total. The summed E-state index contributed by atoms with van der Waals surface area (Å²) < 4.78 is 0. The maximum atomic E-state index is 6.33. The van der Waals surface area contributed by atoms with E-state index >= 15 is 0 Å². The Labute approximate surface area is 161 Å². The highest BCUT2D eigenvalue weighted by Gasteiger charge is 2.11. The topological polar surface area (TPSA) is 63.1 Å². The van der Waals surface area contributed by atoms with Gasteiger partial charge in [-0.15, -0.1) is 0 Å². The van der Waals surface area contributed by atoms with Crippen LogP contribution >= 0.6 is 11.6 Å². The van der Waals surface area contributed by atoms with Crippen molar-refractivity contribution >= 4 is 34.0 Å². The highest BCUT2D eigenvalue weighted by molar-refractivity contribution is 6.33. The number of hydrogen-bond acceptors (Lipinski definition) is 5. The van der Waals surface area contributed by atoms with Crippen molar-refractivity contribution in [2.24, 2.45) is 5.10 Å². The zero-order valence-electron chi connectivity index (χ0n) is 14.6. The van der Waals surface area contributed by atoms with Crippen molar-refractivity contribution in [3.05, 3.63) is 83.6 Å². The Bertz CT molecular complexity index is 1130. The maximum Gasteiger partial charge on any atom is 0.163 e. The smallest absolute Gasteiger partial charge is 0.163 e. The number of nitrogens with one attached hydrogen (secondary N) is 1. The number of halogens is 1. The Hall–Kier alpha value is -3.31. The molecule has 1 N–H and O–H groups in total. The van der Waals surface area contributed by atoms with Crippen molar-refractivity contribution in [1.29, 1.82) is 0 Å². The number of nitrogens with zero attached hydrogens (tertiary/aromatic N) is 4. The molecule has 0 aliphatic rings. The highest BCUT2D eigenvalue weighted by atomic mass is 35.5. The number of rotatable bonds is 4. The fourth-order valence-electron chi connectivity index (χ4n) is 2.70. The quantitative estimate of drug-likeness (QED) is 0.395. The monoisotopic (exact) mass is 373 g/mol. The molecule has 0 atom stereocenters. The molecule has 0 aliphatic carbocycles. The largest absolute Gasteiger partial charge is 0.264 e. The summed E-state index contributed by atoms with van der Waals surface area (Å²) in [5, 5.41) is 5.97. The molecule has 2 heterocycles. The first-order chi connectivity index (χ1) is 13.2. The molecule has 0 radical (unpaired) electrons. The normalized spacial score (nSPS) is 11.6. The van der Waals surface area contributed by atoms with E-state index in [0.29, 0.717) is 16.7 Å². The number of pyridine rings is 1. The number of hydrogen-bond donors (Lipinski definition) is 1. The van der Waals surface area contributed by atoms with Gasteiger partial charge in [-0.25, -0.2) is 9.97 Å². The molecule has 4 rings (SSSR count). The lowest BCUT2D eigenvalue weighted by molar-refractivity contribution is 1.18. The molecule has 0 saturated heterocycles. The first kappa shape index (κ1) is 17.1. The standard InChI is InChI=1S/C21H16ClN5/c1-14(15-7-6-12-23-13-15)26-27-21-17-9-3-5-11-19(17)24-20(25-21)16-8-2-4-10-18(16)22/h2-13H,1H3,(H,24,25,27). The summed E-state index contributed by atoms with van der Waals surface area (Å²) in [7, 11) is 0. The second kappa shape index (κ2) is 7.51. The Morgan fingerprint density at radius 2 is 1.78 bits per heavy atom. The molecule has 132 valence electrons. The molecular weight excluding hydrogens is 358 g/mol. The van der Waals surface area contributed by atoms with E-state index in [1.54, 1.807) is 12.4 Å². The third-order valence-electron chi connectivity index (χ3n) is 4.13. The molecule has 27 heavy (non-hydrogen) atoms. The summed E-state index contributed by atoms with van der Waals surface area (Å²) in [4.78, 5) is 13.5. The zero-order chi connectivity index (χ0) is 18.6. The Morgan fingerprint density at radius 1 is 0.963 bits per heavy atom. The van der Waals surface area contributed by atoms with Gasteiger partial charge in [0.05, 0.1) is 16.3 Å². The average Bonchev–Trinajstić information content (AvgIpc) is 2.72. The number of para-hydroxylation sites is 1. The minimum atomic E-state index is 0.552. The van der Waals surface area contributed by atoms with Crippen LogP contribution in [0.1, 0.15) is 12.5 Å². The highest BCUT2D eigenvalue weighted by Crippen LogP contribution is 2.29. The molecule has 2 aromatic heterocycles. The van der Waals surface area contributed by atoms with Gasteiger partial charge in [0, 0.05) is 28.9 Å². The van der Waals surface area contributed by atoms with Gasteiger partial charge in [0.15, 0.2) is 11.6 Å². The molecule has 0 saturated carbocycles. The van der Waals surface area contributed by atoms with E-state index in [2.05, 4.69) is 25.5 Å². The summed E-state index contributed by atoms with van der Waals surface area (Å²) >= 11 is 6.33. The third kappa shape index (κ3) is 3.64. The van der Waals surface area contributed by atoms with E-state index in [0.717, 1.165) is 27.7 Å². The van der Waals surface area contributed by atoms with Gasteiger partial charge in [-0.2, -0.15) is 5.10 Å². The van der Waals surface area contributed by atoms with Crippen LogP contribution in [0.25, 0.3) is 22.3 Å². The SMILES string of the molecule is CC(=NNc1nc(-c2ccccc2Cl)nc2ccccc12)c1cccnc1. The lowest BCUT2D eigenvalue weighted by atomic mass is 10.2.